The van der Waals surface area contributed by atoms with E-state index in [0.29, 0.717) is 5.75 Å². The van der Waals surface area contributed by atoms with Crippen molar-refractivity contribution in [2.24, 2.45) is 4.99 Å². The van der Waals surface area contributed by atoms with E-state index in [-0.39, 0.29) is 12.5 Å². The first-order chi connectivity index (χ1) is 13.9. The van der Waals surface area contributed by atoms with Crippen LogP contribution in [0.5, 0.6) is 5.75 Å². The summed E-state index contributed by atoms with van der Waals surface area (Å²) < 4.78 is 7.44. The minimum atomic E-state index is -0.230. The van der Waals surface area contributed by atoms with Gasteiger partial charge in [-0.1, -0.05) is 45.8 Å². The highest BCUT2D eigenvalue weighted by atomic mass is 79.9. The second-order valence-corrected chi connectivity index (χ2v) is 8.38. The van der Waals surface area contributed by atoms with Crippen molar-refractivity contribution in [2.75, 3.05) is 11.9 Å². The fourth-order valence-electron chi connectivity index (χ4n) is 2.66. The number of nitrogens with one attached hydrogen (secondary N) is 1. The van der Waals surface area contributed by atoms with E-state index in [9.17, 15) is 4.79 Å². The molecule has 0 spiro atoms. The molecule has 0 radical (unpaired) electrons. The maximum Gasteiger partial charge on any atom is 0.262 e. The first kappa shape index (κ1) is 21.3. The highest BCUT2D eigenvalue weighted by molar-refractivity contribution is 9.11. The Labute approximate surface area is 187 Å². The van der Waals surface area contributed by atoms with E-state index in [4.69, 9.17) is 4.74 Å². The summed E-state index contributed by atoms with van der Waals surface area (Å²) in [7, 11) is 0. The molecule has 6 heteroatoms. The quantitative estimate of drug-likeness (QED) is 0.376. The van der Waals surface area contributed by atoms with Gasteiger partial charge >= 0.3 is 0 Å². The minimum absolute atomic E-state index is 0.112. The van der Waals surface area contributed by atoms with Crippen molar-refractivity contribution in [1.82, 2.24) is 0 Å². The van der Waals surface area contributed by atoms with Crippen molar-refractivity contribution >= 4 is 55.4 Å². The first-order valence-electron chi connectivity index (χ1n) is 9.00. The molecular weight excluding hydrogens is 496 g/mol. The molecule has 3 aromatic carbocycles. The Bertz CT molecular complexity index is 1050. The lowest BCUT2D eigenvalue weighted by Gasteiger charge is -2.12. The predicted octanol–water partition coefficient (Wildman–Crippen LogP) is 6.60. The molecule has 1 amide bonds. The lowest BCUT2D eigenvalue weighted by molar-refractivity contribution is -0.118. The Kier molecular flexibility index (Phi) is 7.23. The zero-order valence-electron chi connectivity index (χ0n) is 16.1. The van der Waals surface area contributed by atoms with Gasteiger partial charge in [0.15, 0.2) is 6.61 Å². The van der Waals surface area contributed by atoms with Gasteiger partial charge in [-0.25, -0.2) is 0 Å². The van der Waals surface area contributed by atoms with E-state index in [1.165, 1.54) is 5.56 Å². The van der Waals surface area contributed by atoms with Gasteiger partial charge in [0.05, 0.1) is 10.2 Å². The number of aryl methyl sites for hydroxylation is 2. The number of anilines is 1. The van der Waals surface area contributed by atoms with E-state index in [2.05, 4.69) is 42.2 Å². The van der Waals surface area contributed by atoms with Crippen molar-refractivity contribution in [2.45, 2.75) is 13.8 Å². The van der Waals surface area contributed by atoms with Crippen LogP contribution in [-0.2, 0) is 4.79 Å². The Morgan fingerprint density at radius 3 is 2.52 bits per heavy atom. The van der Waals surface area contributed by atoms with Gasteiger partial charge in [0, 0.05) is 21.9 Å². The van der Waals surface area contributed by atoms with Gasteiger partial charge in [-0.3, -0.25) is 9.79 Å². The van der Waals surface area contributed by atoms with Crippen LogP contribution < -0.4 is 10.1 Å². The van der Waals surface area contributed by atoms with Crippen LogP contribution in [0.25, 0.3) is 0 Å². The van der Waals surface area contributed by atoms with E-state index in [0.717, 1.165) is 31.4 Å². The number of carbonyl (C=O) groups excluding carboxylic acids is 1. The molecular formula is C23H20Br2N2O2. The summed E-state index contributed by atoms with van der Waals surface area (Å²) in [5.74, 6) is 0.329. The van der Waals surface area contributed by atoms with Crippen LogP contribution in [0.3, 0.4) is 0 Å². The van der Waals surface area contributed by atoms with Gasteiger partial charge in [-0.15, -0.1) is 0 Å². The molecule has 3 aromatic rings. The average molecular weight is 516 g/mol. The highest BCUT2D eigenvalue weighted by Gasteiger charge is 2.12. The van der Waals surface area contributed by atoms with Gasteiger partial charge in [0.25, 0.3) is 5.91 Å². The maximum atomic E-state index is 12.3. The maximum absolute atomic E-state index is 12.3. The second kappa shape index (κ2) is 9.85. The lowest BCUT2D eigenvalue weighted by atomic mass is 10.2. The van der Waals surface area contributed by atoms with Crippen LogP contribution in [0.4, 0.5) is 11.4 Å². The minimum Gasteiger partial charge on any atom is -0.482 e. The largest absolute Gasteiger partial charge is 0.482 e. The van der Waals surface area contributed by atoms with Crippen molar-refractivity contribution in [1.29, 1.82) is 0 Å². The fraction of sp³-hybridized carbons (Fsp3) is 0.130. The van der Waals surface area contributed by atoms with Crippen LogP contribution in [0.1, 0.15) is 16.7 Å². The number of hydrogen-bond acceptors (Lipinski definition) is 3. The highest BCUT2D eigenvalue weighted by Crippen LogP contribution is 2.32. The second-order valence-electron chi connectivity index (χ2n) is 6.61. The summed E-state index contributed by atoms with van der Waals surface area (Å²) >= 11 is 7.00. The van der Waals surface area contributed by atoms with E-state index in [1.807, 2.05) is 74.5 Å². The number of rotatable bonds is 6. The smallest absolute Gasteiger partial charge is 0.262 e. The number of amides is 1. The predicted molar refractivity (Wildman–Crippen MR) is 126 cm³/mol. The number of hydrogen-bond donors (Lipinski definition) is 1. The molecule has 0 aliphatic rings. The Morgan fingerprint density at radius 2 is 1.79 bits per heavy atom. The number of carbonyl (C=O) groups is 1. The van der Waals surface area contributed by atoms with Crippen molar-refractivity contribution in [3.8, 4) is 5.75 Å². The third-order valence-electron chi connectivity index (χ3n) is 4.07. The number of nitrogens with zero attached hydrogens (tertiary/aromatic N) is 1. The third kappa shape index (κ3) is 6.27. The van der Waals surface area contributed by atoms with Crippen LogP contribution in [0.15, 0.2) is 74.6 Å². The summed E-state index contributed by atoms with van der Waals surface area (Å²) in [6.07, 6.45) is 1.73. The molecule has 0 saturated carbocycles. The summed E-state index contributed by atoms with van der Waals surface area (Å²) in [4.78, 5) is 16.8. The molecule has 0 aliphatic carbocycles. The van der Waals surface area contributed by atoms with Crippen LogP contribution in [0, 0.1) is 13.8 Å². The average Bonchev–Trinajstić information content (AvgIpc) is 2.66. The molecule has 0 unspecified atom stereocenters. The number of ether oxygens (including phenoxy) is 1. The molecule has 0 aliphatic heterocycles. The lowest BCUT2D eigenvalue weighted by Crippen LogP contribution is -2.20. The Hall–Kier alpha value is -2.44. The molecule has 0 atom stereocenters. The standard InChI is InChI=1S/C23H20Br2N2O2/c1-15-6-8-19(9-7-15)26-13-17-11-18(24)12-21(25)23(17)29-14-22(28)27-20-5-3-4-16(2)10-20/h3-13H,14H2,1-2H3,(H,27,28). The van der Waals surface area contributed by atoms with Crippen molar-refractivity contribution in [3.05, 3.63) is 86.3 Å². The van der Waals surface area contributed by atoms with E-state index in [1.54, 1.807) is 6.21 Å². The van der Waals surface area contributed by atoms with Gasteiger partial charge in [0.1, 0.15) is 5.75 Å². The molecule has 0 saturated heterocycles. The van der Waals surface area contributed by atoms with Gasteiger partial charge in [0.2, 0.25) is 0 Å². The summed E-state index contributed by atoms with van der Waals surface area (Å²) in [6.45, 7) is 3.90. The third-order valence-corrected chi connectivity index (χ3v) is 5.12. The van der Waals surface area contributed by atoms with Crippen LogP contribution >= 0.6 is 31.9 Å². The molecule has 4 nitrogen and oxygen atoms in total. The Balaban J connectivity index is 1.74. The fourth-order valence-corrected chi connectivity index (χ4v) is 4.03. The van der Waals surface area contributed by atoms with Gasteiger partial charge < -0.3 is 10.1 Å². The molecule has 29 heavy (non-hydrogen) atoms. The normalized spacial score (nSPS) is 10.9. The summed E-state index contributed by atoms with van der Waals surface area (Å²) in [5.41, 5.74) is 4.60. The zero-order chi connectivity index (χ0) is 20.8. The van der Waals surface area contributed by atoms with Crippen molar-refractivity contribution < 1.29 is 9.53 Å². The zero-order valence-corrected chi connectivity index (χ0v) is 19.2. The topological polar surface area (TPSA) is 50.7 Å². The number of halogens is 2. The van der Waals surface area contributed by atoms with Gasteiger partial charge in [-0.05, 0) is 71.7 Å². The molecule has 3 rings (SSSR count). The summed E-state index contributed by atoms with van der Waals surface area (Å²) in [5, 5.41) is 2.84. The molecule has 0 heterocycles. The number of benzene rings is 3. The van der Waals surface area contributed by atoms with E-state index >= 15 is 0 Å². The SMILES string of the molecule is Cc1ccc(N=Cc2cc(Br)cc(Br)c2OCC(=O)Nc2cccc(C)c2)cc1. The van der Waals surface area contributed by atoms with E-state index < -0.39 is 0 Å². The molecule has 148 valence electrons. The molecule has 0 fully saturated rings. The monoisotopic (exact) mass is 514 g/mol. The molecule has 0 bridgehead atoms. The first-order valence-corrected chi connectivity index (χ1v) is 10.6. The van der Waals surface area contributed by atoms with Crippen LogP contribution in [0.2, 0.25) is 0 Å². The van der Waals surface area contributed by atoms with Crippen molar-refractivity contribution in [3.63, 3.8) is 0 Å². The van der Waals surface area contributed by atoms with Crippen LogP contribution in [-0.4, -0.2) is 18.7 Å². The summed E-state index contributed by atoms with van der Waals surface area (Å²) in [6, 6.07) is 19.3. The molecule has 0 aromatic heterocycles. The molecule has 1 N–H and O–H groups in total. The Morgan fingerprint density at radius 1 is 1.03 bits per heavy atom. The van der Waals surface area contributed by atoms with Gasteiger partial charge in [-0.2, -0.15) is 0 Å². The number of aliphatic imine (C=N–C) groups is 1.